The van der Waals surface area contributed by atoms with E-state index in [0.717, 1.165) is 48.7 Å². The molecule has 0 heterocycles. The minimum Gasteiger partial charge on any atom is -0.507 e. The molecule has 0 fully saturated rings. The van der Waals surface area contributed by atoms with E-state index in [9.17, 15) is 14.7 Å². The Kier molecular flexibility index (Phi) is 17.5. The summed E-state index contributed by atoms with van der Waals surface area (Å²) in [4.78, 5) is 21.5. The Balaban J connectivity index is 0.000000669. The Bertz CT molecular complexity index is 1170. The summed E-state index contributed by atoms with van der Waals surface area (Å²) >= 11 is 5.48. The Morgan fingerprint density at radius 3 is 1.61 bits per heavy atom. The number of ether oxygens (including phenoxy) is 1. The number of carbonyl (C=O) groups is 2. The van der Waals surface area contributed by atoms with Gasteiger partial charge in [0.1, 0.15) is 11.5 Å². The van der Waals surface area contributed by atoms with Crippen LogP contribution < -0.4 is 4.74 Å². The van der Waals surface area contributed by atoms with Crippen molar-refractivity contribution in [2.24, 2.45) is 0 Å². The minimum absolute atomic E-state index is 0.108. The van der Waals surface area contributed by atoms with Gasteiger partial charge >= 0.3 is 0 Å². The van der Waals surface area contributed by atoms with Crippen molar-refractivity contribution in [1.29, 1.82) is 0 Å². The van der Waals surface area contributed by atoms with Crippen LogP contribution in [0.25, 0.3) is 0 Å². The summed E-state index contributed by atoms with van der Waals surface area (Å²) < 4.78 is 5.83. The Morgan fingerprint density at radius 2 is 1.24 bits per heavy atom. The minimum atomic E-state index is -0.716. The Hall–Kier alpha value is -3.21. The molecule has 0 radical (unpaired) electrons. The van der Waals surface area contributed by atoms with Crippen LogP contribution >= 0.6 is 11.6 Å². The summed E-state index contributed by atoms with van der Waals surface area (Å²) in [6.07, 6.45) is 21.0. The van der Waals surface area contributed by atoms with Gasteiger partial charge in [0.05, 0.1) is 16.0 Å². The van der Waals surface area contributed by atoms with Gasteiger partial charge in [0.2, 0.25) is 0 Å². The van der Waals surface area contributed by atoms with Crippen molar-refractivity contribution < 1.29 is 19.4 Å². The van der Waals surface area contributed by atoms with Crippen LogP contribution in [-0.4, -0.2) is 28.2 Å². The average molecular weight is 581 g/mol. The van der Waals surface area contributed by atoms with Gasteiger partial charge in [-0.15, -0.1) is 24.4 Å². The summed E-state index contributed by atoms with van der Waals surface area (Å²) in [5.41, 5.74) is 4.40. The van der Waals surface area contributed by atoms with Crippen LogP contribution in [-0.2, 0) is 12.8 Å². The van der Waals surface area contributed by atoms with E-state index in [4.69, 9.17) is 29.2 Å². The number of benzene rings is 2. The van der Waals surface area contributed by atoms with Crippen LogP contribution in [0, 0.1) is 38.5 Å². The molecule has 5 heteroatoms. The first-order chi connectivity index (χ1) is 19.2. The number of terminal acetylenes is 2. The first-order valence-corrected chi connectivity index (χ1v) is 14.8. The van der Waals surface area contributed by atoms with Gasteiger partial charge in [-0.3, -0.25) is 9.59 Å². The molecule has 41 heavy (non-hydrogen) atoms. The van der Waals surface area contributed by atoms with Crippen LogP contribution in [0.5, 0.6) is 11.5 Å². The molecule has 0 aliphatic heterocycles. The van der Waals surface area contributed by atoms with Gasteiger partial charge in [-0.05, 0) is 102 Å². The van der Waals surface area contributed by atoms with E-state index in [1.807, 2.05) is 39.8 Å². The second-order valence-electron chi connectivity index (χ2n) is 11.2. The predicted molar refractivity (Wildman–Crippen MR) is 174 cm³/mol. The maximum atomic E-state index is 11.3. The van der Waals surface area contributed by atoms with Gasteiger partial charge in [-0.2, -0.15) is 0 Å². The zero-order valence-corrected chi connectivity index (χ0v) is 27.1. The van der Waals surface area contributed by atoms with Crippen molar-refractivity contribution in [3.8, 4) is 36.2 Å². The van der Waals surface area contributed by atoms with Crippen LogP contribution in [0.2, 0.25) is 0 Å². The third-order valence-corrected chi connectivity index (χ3v) is 6.37. The Labute approximate surface area is 254 Å². The molecule has 0 amide bonds. The van der Waals surface area contributed by atoms with Crippen molar-refractivity contribution in [2.75, 3.05) is 0 Å². The fourth-order valence-corrected chi connectivity index (χ4v) is 3.83. The lowest BCUT2D eigenvalue weighted by Crippen LogP contribution is -2.26. The van der Waals surface area contributed by atoms with Crippen LogP contribution in [0.3, 0.4) is 0 Å². The van der Waals surface area contributed by atoms with E-state index in [0.29, 0.717) is 23.2 Å². The number of aromatic hydroxyl groups is 1. The zero-order valence-electron chi connectivity index (χ0n) is 26.3. The maximum absolute atomic E-state index is 11.3. The van der Waals surface area contributed by atoms with Gasteiger partial charge in [0.15, 0.2) is 18.2 Å². The van der Waals surface area contributed by atoms with E-state index < -0.39 is 10.5 Å². The normalized spacial score (nSPS) is 10.6. The quantitative estimate of drug-likeness (QED) is 0.118. The zero-order chi connectivity index (χ0) is 31.6. The summed E-state index contributed by atoms with van der Waals surface area (Å²) in [6, 6.07) is 7.70. The van der Waals surface area contributed by atoms with E-state index >= 15 is 0 Å². The second-order valence-corrected chi connectivity index (χ2v) is 12.1. The van der Waals surface area contributed by atoms with Gasteiger partial charge in [-0.1, -0.05) is 63.5 Å². The predicted octanol–water partition coefficient (Wildman–Crippen LogP) is 9.21. The number of hydrogen-bond acceptors (Lipinski definition) is 4. The highest BCUT2D eigenvalue weighted by molar-refractivity contribution is 6.25. The maximum Gasteiger partial charge on any atom is 0.163 e. The first-order valence-electron chi connectivity index (χ1n) is 14.4. The van der Waals surface area contributed by atoms with E-state index in [1.54, 1.807) is 19.9 Å². The number of rotatable bonds is 12. The van der Waals surface area contributed by atoms with Crippen molar-refractivity contribution >= 4 is 24.2 Å². The number of carbonyl (C=O) groups excluding carboxylic acids is 2. The van der Waals surface area contributed by atoms with Gasteiger partial charge in [-0.25, -0.2) is 0 Å². The molecular weight excluding hydrogens is 532 g/mol. The molecule has 2 rings (SSSR count). The van der Waals surface area contributed by atoms with E-state index in [-0.39, 0.29) is 5.75 Å². The van der Waals surface area contributed by atoms with Crippen LogP contribution in [0.1, 0.15) is 123 Å². The SMILES string of the molecule is C#CC(C)(C)Cl.C#CC(C)(C)Oc1cc(CCCCC)cc(C)c1C=O.CCCCCc1cc(C)c(C=O)c(O)c1. The number of unbranched alkanes of at least 4 members (excludes halogenated alkanes) is 4. The van der Waals surface area contributed by atoms with Crippen molar-refractivity contribution in [3.05, 3.63) is 57.6 Å². The van der Waals surface area contributed by atoms with Crippen LogP contribution in [0.15, 0.2) is 24.3 Å². The molecule has 2 aromatic carbocycles. The molecule has 224 valence electrons. The molecule has 4 nitrogen and oxygen atoms in total. The third kappa shape index (κ3) is 15.4. The van der Waals surface area contributed by atoms with E-state index in [1.165, 1.54) is 31.2 Å². The fourth-order valence-electron chi connectivity index (χ4n) is 3.83. The molecule has 1 N–H and O–H groups in total. The second kappa shape index (κ2) is 19.0. The van der Waals surface area contributed by atoms with Gasteiger partial charge in [0.25, 0.3) is 0 Å². The molecule has 0 saturated heterocycles. The first kappa shape index (κ1) is 37.8. The molecular formula is C36H49ClO4. The van der Waals surface area contributed by atoms with Crippen molar-refractivity contribution in [2.45, 2.75) is 117 Å². The fraction of sp³-hybridized carbons (Fsp3) is 0.500. The molecule has 0 spiro atoms. The summed E-state index contributed by atoms with van der Waals surface area (Å²) in [7, 11) is 0. The lowest BCUT2D eigenvalue weighted by Gasteiger charge is -2.22. The van der Waals surface area contributed by atoms with Gasteiger partial charge < -0.3 is 9.84 Å². The molecule has 0 atom stereocenters. The highest BCUT2D eigenvalue weighted by Crippen LogP contribution is 2.27. The average Bonchev–Trinajstić information content (AvgIpc) is 2.89. The number of alkyl halides is 1. The molecule has 0 unspecified atom stereocenters. The van der Waals surface area contributed by atoms with Crippen LogP contribution in [0.4, 0.5) is 0 Å². The summed E-state index contributed by atoms with van der Waals surface area (Å²) in [6.45, 7) is 15.3. The molecule has 0 bridgehead atoms. The Morgan fingerprint density at radius 1 is 0.805 bits per heavy atom. The highest BCUT2D eigenvalue weighted by atomic mass is 35.5. The lowest BCUT2D eigenvalue weighted by molar-refractivity contribution is 0.110. The number of halogens is 1. The number of phenols is 1. The molecule has 0 saturated carbocycles. The van der Waals surface area contributed by atoms with Crippen molar-refractivity contribution in [1.82, 2.24) is 0 Å². The topological polar surface area (TPSA) is 63.6 Å². The molecule has 0 aliphatic carbocycles. The molecule has 0 aliphatic rings. The smallest absolute Gasteiger partial charge is 0.163 e. The number of phenolic OH excluding ortho intramolecular Hbond substituents is 1. The number of aryl methyl sites for hydroxylation is 4. The van der Waals surface area contributed by atoms with Gasteiger partial charge in [0, 0.05) is 0 Å². The lowest BCUT2D eigenvalue weighted by atomic mass is 10.00. The van der Waals surface area contributed by atoms with E-state index in [2.05, 4.69) is 31.8 Å². The molecule has 0 aromatic heterocycles. The number of hydrogen-bond donors (Lipinski definition) is 1. The molecule has 2 aromatic rings. The largest absolute Gasteiger partial charge is 0.507 e. The highest BCUT2D eigenvalue weighted by Gasteiger charge is 2.19. The number of aldehydes is 2. The monoisotopic (exact) mass is 580 g/mol. The summed E-state index contributed by atoms with van der Waals surface area (Å²) in [5.74, 6) is 5.66. The summed E-state index contributed by atoms with van der Waals surface area (Å²) in [5, 5.41) is 9.60. The van der Waals surface area contributed by atoms with Crippen molar-refractivity contribution in [3.63, 3.8) is 0 Å². The third-order valence-electron chi connectivity index (χ3n) is 6.26. The standard InChI is InChI=1S/C18H24O2.C13H18O2.C5H7Cl/c1-6-8-9-10-15-11-14(3)16(13-19)17(12-15)20-18(4,5)7-2;1-3-4-5-6-11-7-10(2)12(9-14)13(15)8-11;1-4-5(2,3)6/h2,11-13H,6,8-10H2,1,3-5H3;7-9,15H,3-6H2,1-2H3;1H,2-3H3.